The number of aromatic nitrogens is 2. The summed E-state index contributed by atoms with van der Waals surface area (Å²) < 4.78 is 10.7. The molecular formula is C10H14ClN3O2. The van der Waals surface area contributed by atoms with Crippen LogP contribution in [0.5, 0.6) is 0 Å². The fourth-order valence-corrected chi connectivity index (χ4v) is 2.02. The summed E-state index contributed by atoms with van der Waals surface area (Å²) in [6, 6.07) is 1.74. The molecule has 1 aliphatic rings. The summed E-state index contributed by atoms with van der Waals surface area (Å²) >= 11 is 5.82. The van der Waals surface area contributed by atoms with Gasteiger partial charge in [-0.25, -0.2) is 9.97 Å². The van der Waals surface area contributed by atoms with Gasteiger partial charge in [0.2, 0.25) is 0 Å². The van der Waals surface area contributed by atoms with Crippen LogP contribution in [0.2, 0.25) is 5.15 Å². The molecule has 1 aliphatic heterocycles. The molecule has 16 heavy (non-hydrogen) atoms. The van der Waals surface area contributed by atoms with E-state index in [0.717, 1.165) is 18.9 Å². The first-order valence-electron chi connectivity index (χ1n) is 5.02. The van der Waals surface area contributed by atoms with Crippen LogP contribution in [0.15, 0.2) is 12.4 Å². The fourth-order valence-electron chi connectivity index (χ4n) is 1.88. The van der Waals surface area contributed by atoms with Crippen LogP contribution in [0.3, 0.4) is 0 Å². The Balaban J connectivity index is 2.12. The van der Waals surface area contributed by atoms with Gasteiger partial charge in [0.15, 0.2) is 0 Å². The molecule has 1 saturated heterocycles. The predicted octanol–water partition coefficient (Wildman–Crippen LogP) is 0.980. The van der Waals surface area contributed by atoms with Crippen molar-refractivity contribution < 1.29 is 9.47 Å². The van der Waals surface area contributed by atoms with Crippen molar-refractivity contribution in [1.29, 1.82) is 0 Å². The van der Waals surface area contributed by atoms with Crippen LogP contribution in [0.1, 0.15) is 0 Å². The topological polar surface area (TPSA) is 47.5 Å². The first-order valence-corrected chi connectivity index (χ1v) is 5.40. The molecule has 6 heteroatoms. The number of halogens is 1. The van der Waals surface area contributed by atoms with Crippen molar-refractivity contribution in [3.8, 4) is 0 Å². The molecule has 2 atom stereocenters. The number of hydrogen-bond acceptors (Lipinski definition) is 5. The van der Waals surface area contributed by atoms with Crippen LogP contribution in [0.25, 0.3) is 0 Å². The lowest BCUT2D eigenvalue weighted by molar-refractivity contribution is -0.00461. The SMILES string of the molecule is CO[C@H]1CN(c2cc(Cl)ncn2)C[C@@H]1OC. The van der Waals surface area contributed by atoms with Crippen molar-refractivity contribution in [3.05, 3.63) is 17.5 Å². The third-order valence-corrected chi connectivity index (χ3v) is 2.97. The van der Waals surface area contributed by atoms with Gasteiger partial charge in [-0.3, -0.25) is 0 Å². The predicted molar refractivity (Wildman–Crippen MR) is 60.8 cm³/mol. The van der Waals surface area contributed by atoms with Crippen molar-refractivity contribution in [2.75, 3.05) is 32.2 Å². The lowest BCUT2D eigenvalue weighted by Gasteiger charge is -2.16. The van der Waals surface area contributed by atoms with Crippen molar-refractivity contribution >= 4 is 17.4 Å². The van der Waals surface area contributed by atoms with Crippen LogP contribution >= 0.6 is 11.6 Å². The van der Waals surface area contributed by atoms with Gasteiger partial charge in [-0.2, -0.15) is 0 Å². The van der Waals surface area contributed by atoms with E-state index in [2.05, 4.69) is 14.9 Å². The summed E-state index contributed by atoms with van der Waals surface area (Å²) in [5, 5.41) is 0.444. The molecule has 0 unspecified atom stereocenters. The van der Waals surface area contributed by atoms with Crippen LogP contribution < -0.4 is 4.90 Å². The van der Waals surface area contributed by atoms with Crippen molar-refractivity contribution in [1.82, 2.24) is 9.97 Å². The molecule has 0 N–H and O–H groups in total. The second kappa shape index (κ2) is 4.95. The molecule has 0 aromatic carbocycles. The maximum Gasteiger partial charge on any atom is 0.134 e. The lowest BCUT2D eigenvalue weighted by Crippen LogP contribution is -2.27. The van der Waals surface area contributed by atoms with Gasteiger partial charge < -0.3 is 14.4 Å². The molecule has 0 spiro atoms. The second-order valence-electron chi connectivity index (χ2n) is 3.65. The van der Waals surface area contributed by atoms with Crippen molar-refractivity contribution in [2.45, 2.75) is 12.2 Å². The Kier molecular flexibility index (Phi) is 3.58. The number of nitrogens with zero attached hydrogens (tertiary/aromatic N) is 3. The van der Waals surface area contributed by atoms with Gasteiger partial charge in [-0.15, -0.1) is 0 Å². The van der Waals surface area contributed by atoms with E-state index in [9.17, 15) is 0 Å². The third kappa shape index (κ3) is 2.26. The van der Waals surface area contributed by atoms with Gasteiger partial charge in [-0.1, -0.05) is 11.6 Å². The van der Waals surface area contributed by atoms with Crippen molar-refractivity contribution in [3.63, 3.8) is 0 Å². The van der Waals surface area contributed by atoms with Crippen LogP contribution in [-0.4, -0.2) is 49.5 Å². The van der Waals surface area contributed by atoms with E-state index < -0.39 is 0 Å². The molecule has 88 valence electrons. The van der Waals surface area contributed by atoms with Gasteiger partial charge >= 0.3 is 0 Å². The Morgan fingerprint density at radius 3 is 2.38 bits per heavy atom. The highest BCUT2D eigenvalue weighted by molar-refractivity contribution is 6.29. The summed E-state index contributed by atoms with van der Waals surface area (Å²) in [5.41, 5.74) is 0. The average Bonchev–Trinajstić information content (AvgIpc) is 2.72. The summed E-state index contributed by atoms with van der Waals surface area (Å²) in [6.45, 7) is 1.50. The number of hydrogen-bond donors (Lipinski definition) is 0. The van der Waals surface area contributed by atoms with Gasteiger partial charge in [-0.05, 0) is 0 Å². The minimum absolute atomic E-state index is 0.0683. The average molecular weight is 244 g/mol. The standard InChI is InChI=1S/C10H14ClN3O2/c1-15-7-4-14(5-8(7)16-2)10-3-9(11)12-6-13-10/h3,6-8H,4-5H2,1-2H3/t7-,8-/m0/s1. The van der Waals surface area contributed by atoms with Gasteiger partial charge in [0.05, 0.1) is 0 Å². The monoisotopic (exact) mass is 243 g/mol. The number of ether oxygens (including phenoxy) is 2. The molecule has 1 aromatic heterocycles. The first-order chi connectivity index (χ1) is 7.74. The lowest BCUT2D eigenvalue weighted by atomic mass is 10.3. The fraction of sp³-hybridized carbons (Fsp3) is 0.600. The van der Waals surface area contributed by atoms with Gasteiger partial charge in [0.25, 0.3) is 0 Å². The maximum absolute atomic E-state index is 5.82. The van der Waals surface area contributed by atoms with Crippen molar-refractivity contribution in [2.24, 2.45) is 0 Å². The Labute approximate surface area is 99.3 Å². The number of anilines is 1. The minimum Gasteiger partial charge on any atom is -0.377 e. The molecule has 0 amide bonds. The second-order valence-corrected chi connectivity index (χ2v) is 4.04. The normalized spacial score (nSPS) is 25.1. The summed E-state index contributed by atoms with van der Waals surface area (Å²) in [7, 11) is 3.38. The highest BCUT2D eigenvalue weighted by atomic mass is 35.5. The number of methoxy groups -OCH3 is 2. The van der Waals surface area contributed by atoms with E-state index in [1.807, 2.05) is 0 Å². The van der Waals surface area contributed by atoms with Gasteiger partial charge in [0, 0.05) is 33.4 Å². The highest BCUT2D eigenvalue weighted by Crippen LogP contribution is 2.22. The highest BCUT2D eigenvalue weighted by Gasteiger charge is 2.33. The minimum atomic E-state index is 0.0683. The quantitative estimate of drug-likeness (QED) is 0.741. The summed E-state index contributed by atoms with van der Waals surface area (Å²) in [5.74, 6) is 0.807. The summed E-state index contributed by atoms with van der Waals surface area (Å²) in [4.78, 5) is 10.1. The van der Waals surface area contributed by atoms with E-state index in [1.54, 1.807) is 20.3 Å². The van der Waals surface area contributed by atoms with Crippen LogP contribution in [0.4, 0.5) is 5.82 Å². The molecule has 0 aliphatic carbocycles. The maximum atomic E-state index is 5.82. The zero-order valence-corrected chi connectivity index (χ0v) is 10.0. The molecule has 1 fully saturated rings. The molecule has 2 rings (SSSR count). The molecular weight excluding hydrogens is 230 g/mol. The molecule has 0 bridgehead atoms. The van der Waals surface area contributed by atoms with E-state index in [0.29, 0.717) is 5.15 Å². The Morgan fingerprint density at radius 2 is 1.88 bits per heavy atom. The largest absolute Gasteiger partial charge is 0.377 e. The molecule has 2 heterocycles. The van der Waals surface area contributed by atoms with E-state index in [-0.39, 0.29) is 12.2 Å². The van der Waals surface area contributed by atoms with E-state index in [1.165, 1.54) is 6.33 Å². The third-order valence-electron chi connectivity index (χ3n) is 2.76. The zero-order valence-electron chi connectivity index (χ0n) is 9.26. The van der Waals surface area contributed by atoms with Crippen LogP contribution in [0, 0.1) is 0 Å². The Bertz CT molecular complexity index is 352. The van der Waals surface area contributed by atoms with Crippen LogP contribution in [-0.2, 0) is 9.47 Å². The zero-order chi connectivity index (χ0) is 11.5. The van der Waals surface area contributed by atoms with Gasteiger partial charge in [0.1, 0.15) is 29.5 Å². The first kappa shape index (κ1) is 11.6. The molecule has 0 radical (unpaired) electrons. The molecule has 5 nitrogen and oxygen atoms in total. The molecule has 0 saturated carbocycles. The molecule has 1 aromatic rings. The van der Waals surface area contributed by atoms with E-state index >= 15 is 0 Å². The Hall–Kier alpha value is -0.910. The Morgan fingerprint density at radius 1 is 1.25 bits per heavy atom. The van der Waals surface area contributed by atoms with E-state index in [4.69, 9.17) is 21.1 Å². The summed E-state index contributed by atoms with van der Waals surface area (Å²) in [6.07, 6.45) is 1.59. The number of rotatable bonds is 3. The smallest absolute Gasteiger partial charge is 0.134 e.